The molecule has 1 aromatic carbocycles. The molecule has 1 atom stereocenters. The number of benzene rings is 1. The predicted octanol–water partition coefficient (Wildman–Crippen LogP) is 3.39. The van der Waals surface area contributed by atoms with Gasteiger partial charge in [0.1, 0.15) is 11.9 Å². The standard InChI is InChI=1S/C15H23NO/c1-5-13(4)17-15-9-7-6-8-14(15)11-16-10-12(2)3/h5-9,12-13,16H,1,10-11H2,2-4H3. The van der Waals surface area contributed by atoms with Gasteiger partial charge in [0.15, 0.2) is 0 Å². The zero-order chi connectivity index (χ0) is 12.7. The lowest BCUT2D eigenvalue weighted by Gasteiger charge is -2.15. The number of hydrogen-bond donors (Lipinski definition) is 1. The van der Waals surface area contributed by atoms with E-state index in [1.165, 1.54) is 5.56 Å². The average Bonchev–Trinajstić information content (AvgIpc) is 2.30. The first-order valence-corrected chi connectivity index (χ1v) is 6.21. The van der Waals surface area contributed by atoms with Crippen LogP contribution in [0.25, 0.3) is 0 Å². The van der Waals surface area contributed by atoms with Crippen molar-refractivity contribution in [2.75, 3.05) is 6.54 Å². The van der Waals surface area contributed by atoms with E-state index in [9.17, 15) is 0 Å². The van der Waals surface area contributed by atoms with Crippen LogP contribution in [-0.4, -0.2) is 12.6 Å². The maximum atomic E-state index is 5.79. The fourth-order valence-corrected chi connectivity index (χ4v) is 1.51. The van der Waals surface area contributed by atoms with Gasteiger partial charge in [-0.25, -0.2) is 0 Å². The first kappa shape index (κ1) is 13.8. The normalized spacial score (nSPS) is 12.5. The lowest BCUT2D eigenvalue weighted by Crippen LogP contribution is -2.20. The molecule has 0 bridgehead atoms. The third-order valence-electron chi connectivity index (χ3n) is 2.49. The van der Waals surface area contributed by atoms with Crippen molar-refractivity contribution in [2.45, 2.75) is 33.4 Å². The molecule has 0 heterocycles. The minimum Gasteiger partial charge on any atom is -0.486 e. The second-order valence-electron chi connectivity index (χ2n) is 4.69. The van der Waals surface area contributed by atoms with Crippen LogP contribution in [0.2, 0.25) is 0 Å². The zero-order valence-electron chi connectivity index (χ0n) is 11.1. The molecule has 0 aliphatic rings. The van der Waals surface area contributed by atoms with E-state index in [2.05, 4.69) is 31.8 Å². The summed E-state index contributed by atoms with van der Waals surface area (Å²) in [6.45, 7) is 12.0. The highest BCUT2D eigenvalue weighted by atomic mass is 16.5. The van der Waals surface area contributed by atoms with E-state index in [0.29, 0.717) is 5.92 Å². The van der Waals surface area contributed by atoms with E-state index >= 15 is 0 Å². The van der Waals surface area contributed by atoms with Gasteiger partial charge in [0.25, 0.3) is 0 Å². The lowest BCUT2D eigenvalue weighted by atomic mass is 10.1. The highest BCUT2D eigenvalue weighted by Crippen LogP contribution is 2.19. The van der Waals surface area contributed by atoms with Crippen molar-refractivity contribution < 1.29 is 4.74 Å². The van der Waals surface area contributed by atoms with Crippen molar-refractivity contribution >= 4 is 0 Å². The minimum absolute atomic E-state index is 0.0428. The first-order valence-electron chi connectivity index (χ1n) is 6.21. The molecule has 0 saturated heterocycles. The van der Waals surface area contributed by atoms with Crippen molar-refractivity contribution in [3.63, 3.8) is 0 Å². The van der Waals surface area contributed by atoms with Crippen molar-refractivity contribution in [3.05, 3.63) is 42.5 Å². The molecule has 0 radical (unpaired) electrons. The summed E-state index contributed by atoms with van der Waals surface area (Å²) in [4.78, 5) is 0. The molecule has 2 heteroatoms. The fraction of sp³-hybridized carbons (Fsp3) is 0.467. The summed E-state index contributed by atoms with van der Waals surface area (Å²) in [5.41, 5.74) is 1.20. The summed E-state index contributed by atoms with van der Waals surface area (Å²) in [6, 6.07) is 8.14. The topological polar surface area (TPSA) is 21.3 Å². The molecule has 0 amide bonds. The molecule has 0 aliphatic carbocycles. The van der Waals surface area contributed by atoms with Gasteiger partial charge in [-0.1, -0.05) is 44.7 Å². The van der Waals surface area contributed by atoms with E-state index in [-0.39, 0.29) is 6.10 Å². The van der Waals surface area contributed by atoms with Gasteiger partial charge in [0.05, 0.1) is 0 Å². The highest BCUT2D eigenvalue weighted by Gasteiger charge is 2.05. The number of rotatable bonds is 7. The molecule has 2 nitrogen and oxygen atoms in total. The SMILES string of the molecule is C=CC(C)Oc1ccccc1CNCC(C)C. The maximum absolute atomic E-state index is 5.79. The number of ether oxygens (including phenoxy) is 1. The largest absolute Gasteiger partial charge is 0.486 e. The Morgan fingerprint density at radius 2 is 2.00 bits per heavy atom. The molecule has 0 aromatic heterocycles. The van der Waals surface area contributed by atoms with Gasteiger partial charge in [0.2, 0.25) is 0 Å². The van der Waals surface area contributed by atoms with E-state index in [0.717, 1.165) is 18.8 Å². The van der Waals surface area contributed by atoms with E-state index in [1.54, 1.807) is 6.08 Å². The smallest absolute Gasteiger partial charge is 0.124 e. The van der Waals surface area contributed by atoms with Crippen LogP contribution < -0.4 is 10.1 Å². The van der Waals surface area contributed by atoms with Crippen LogP contribution in [-0.2, 0) is 6.54 Å². The van der Waals surface area contributed by atoms with E-state index in [1.807, 2.05) is 25.1 Å². The van der Waals surface area contributed by atoms with E-state index < -0.39 is 0 Å². The average molecular weight is 233 g/mol. The molecule has 94 valence electrons. The number of hydrogen-bond acceptors (Lipinski definition) is 2. The predicted molar refractivity (Wildman–Crippen MR) is 73.3 cm³/mol. The molecule has 17 heavy (non-hydrogen) atoms. The van der Waals surface area contributed by atoms with Gasteiger partial charge in [-0.2, -0.15) is 0 Å². The molecule has 1 N–H and O–H groups in total. The molecule has 0 fully saturated rings. The van der Waals surface area contributed by atoms with Gasteiger partial charge in [-0.05, 0) is 25.5 Å². The Bertz CT molecular complexity index is 347. The summed E-state index contributed by atoms with van der Waals surface area (Å²) < 4.78 is 5.79. The van der Waals surface area contributed by atoms with Crippen LogP contribution in [0.5, 0.6) is 5.75 Å². The Labute approximate surface area is 105 Å². The summed E-state index contributed by atoms with van der Waals surface area (Å²) in [5, 5.41) is 3.43. The summed E-state index contributed by atoms with van der Waals surface area (Å²) in [6.07, 6.45) is 1.85. The molecular weight excluding hydrogens is 210 g/mol. The second-order valence-corrected chi connectivity index (χ2v) is 4.69. The second kappa shape index (κ2) is 7.13. The van der Waals surface area contributed by atoms with Crippen LogP contribution in [0.4, 0.5) is 0 Å². The summed E-state index contributed by atoms with van der Waals surface area (Å²) >= 11 is 0. The van der Waals surface area contributed by atoms with Gasteiger partial charge in [-0.15, -0.1) is 0 Å². The third-order valence-corrected chi connectivity index (χ3v) is 2.49. The van der Waals surface area contributed by atoms with E-state index in [4.69, 9.17) is 4.74 Å². The van der Waals surface area contributed by atoms with Gasteiger partial charge >= 0.3 is 0 Å². The van der Waals surface area contributed by atoms with Crippen molar-refractivity contribution in [1.29, 1.82) is 0 Å². The lowest BCUT2D eigenvalue weighted by molar-refractivity contribution is 0.266. The molecule has 0 aliphatic heterocycles. The molecular formula is C15H23NO. The highest BCUT2D eigenvalue weighted by molar-refractivity contribution is 5.33. The molecule has 1 unspecified atom stereocenters. The third kappa shape index (κ3) is 5.05. The zero-order valence-corrected chi connectivity index (χ0v) is 11.1. The fourth-order valence-electron chi connectivity index (χ4n) is 1.51. The Hall–Kier alpha value is -1.28. The molecule has 1 rings (SSSR count). The maximum Gasteiger partial charge on any atom is 0.124 e. The summed E-state index contributed by atoms with van der Waals surface area (Å²) in [5.74, 6) is 1.60. The van der Waals surface area contributed by atoms with Crippen LogP contribution in [0.15, 0.2) is 36.9 Å². The number of para-hydroxylation sites is 1. The van der Waals surface area contributed by atoms with Gasteiger partial charge < -0.3 is 10.1 Å². The Balaban J connectivity index is 2.60. The Morgan fingerprint density at radius 3 is 2.65 bits per heavy atom. The van der Waals surface area contributed by atoms with Crippen LogP contribution >= 0.6 is 0 Å². The van der Waals surface area contributed by atoms with Crippen LogP contribution in [0.1, 0.15) is 26.3 Å². The number of nitrogens with one attached hydrogen (secondary N) is 1. The molecule has 1 aromatic rings. The van der Waals surface area contributed by atoms with Crippen molar-refractivity contribution in [3.8, 4) is 5.75 Å². The monoisotopic (exact) mass is 233 g/mol. The van der Waals surface area contributed by atoms with Crippen molar-refractivity contribution in [2.24, 2.45) is 5.92 Å². The van der Waals surface area contributed by atoms with Crippen molar-refractivity contribution in [1.82, 2.24) is 5.32 Å². The van der Waals surface area contributed by atoms with Crippen LogP contribution in [0, 0.1) is 5.92 Å². The van der Waals surface area contributed by atoms with Gasteiger partial charge in [-0.3, -0.25) is 0 Å². The Kier molecular flexibility index (Phi) is 5.78. The van der Waals surface area contributed by atoms with Gasteiger partial charge in [0, 0.05) is 12.1 Å². The first-order chi connectivity index (χ1) is 8.13. The summed E-state index contributed by atoms with van der Waals surface area (Å²) in [7, 11) is 0. The Morgan fingerprint density at radius 1 is 1.29 bits per heavy atom. The minimum atomic E-state index is 0.0428. The molecule has 0 saturated carbocycles. The molecule has 0 spiro atoms. The quantitative estimate of drug-likeness (QED) is 0.729. The van der Waals surface area contributed by atoms with Crippen LogP contribution in [0.3, 0.4) is 0 Å².